The van der Waals surface area contributed by atoms with Gasteiger partial charge in [-0.1, -0.05) is 25.3 Å². The Hall–Kier alpha value is -1.86. The van der Waals surface area contributed by atoms with Crippen molar-refractivity contribution in [3.63, 3.8) is 0 Å². The van der Waals surface area contributed by atoms with E-state index < -0.39 is 16.1 Å². The first-order chi connectivity index (χ1) is 10.9. The highest BCUT2D eigenvalue weighted by Gasteiger charge is 2.22. The molecule has 1 N–H and O–H groups in total. The first-order valence-corrected chi connectivity index (χ1v) is 9.14. The molecular formula is C16H21N2O4S-. The first kappa shape index (κ1) is 17.5. The highest BCUT2D eigenvalue weighted by Crippen LogP contribution is 2.21. The zero-order valence-corrected chi connectivity index (χ0v) is 13.7. The summed E-state index contributed by atoms with van der Waals surface area (Å²) in [6, 6.07) is 5.69. The minimum atomic E-state index is -3.59. The van der Waals surface area contributed by atoms with E-state index in [-0.39, 0.29) is 17.5 Å². The zero-order chi connectivity index (χ0) is 16.9. The van der Waals surface area contributed by atoms with E-state index in [1.807, 2.05) is 0 Å². The fraction of sp³-hybridized carbons (Fsp3) is 0.438. The molecule has 0 saturated heterocycles. The molecule has 1 aliphatic carbocycles. The van der Waals surface area contributed by atoms with Crippen LogP contribution in [0.1, 0.15) is 32.1 Å². The predicted molar refractivity (Wildman–Crippen MR) is 86.6 cm³/mol. The lowest BCUT2D eigenvalue weighted by Gasteiger charge is -2.24. The fourth-order valence-electron chi connectivity index (χ4n) is 2.73. The summed E-state index contributed by atoms with van der Waals surface area (Å²) >= 11 is 0. The molecule has 0 bridgehead atoms. The summed E-state index contributed by atoms with van der Waals surface area (Å²) in [4.78, 5) is 12.2. The van der Waals surface area contributed by atoms with Gasteiger partial charge in [0.1, 0.15) is 6.09 Å². The number of nitrogens with zero attached hydrogens (tertiary/aromatic N) is 1. The van der Waals surface area contributed by atoms with E-state index >= 15 is 0 Å². The van der Waals surface area contributed by atoms with Gasteiger partial charge in [0.15, 0.2) is 0 Å². The van der Waals surface area contributed by atoms with E-state index in [1.54, 1.807) is 0 Å². The molecule has 0 heterocycles. The van der Waals surface area contributed by atoms with Gasteiger partial charge < -0.3 is 14.8 Å². The molecule has 0 radical (unpaired) electrons. The smallest absolute Gasteiger partial charge is 0.240 e. The van der Waals surface area contributed by atoms with Gasteiger partial charge in [0.05, 0.1) is 4.90 Å². The number of nitrogens with one attached hydrogen (secondary N) is 1. The molecule has 0 unspecified atom stereocenters. The molecule has 1 amide bonds. The van der Waals surface area contributed by atoms with Gasteiger partial charge in [-0.3, -0.25) is 0 Å². The Morgan fingerprint density at radius 3 is 2.39 bits per heavy atom. The van der Waals surface area contributed by atoms with Gasteiger partial charge in [0, 0.05) is 18.3 Å². The van der Waals surface area contributed by atoms with Crippen molar-refractivity contribution in [3.8, 4) is 0 Å². The summed E-state index contributed by atoms with van der Waals surface area (Å²) in [6.45, 7) is 3.57. The molecule has 6 nitrogen and oxygen atoms in total. The van der Waals surface area contributed by atoms with Crippen LogP contribution in [0.5, 0.6) is 0 Å². The van der Waals surface area contributed by atoms with Crippen LogP contribution in [0, 0.1) is 0 Å². The van der Waals surface area contributed by atoms with Crippen LogP contribution < -0.4 is 14.7 Å². The summed E-state index contributed by atoms with van der Waals surface area (Å²) in [5.74, 6) is 0. The van der Waals surface area contributed by atoms with Gasteiger partial charge >= 0.3 is 0 Å². The number of rotatable bonds is 6. The van der Waals surface area contributed by atoms with Gasteiger partial charge in [0.25, 0.3) is 0 Å². The molecule has 0 spiro atoms. The standard InChI is InChI=1S/C16H22N2O4S/c1-2-12-18(16(19)20)14-8-10-15(11-9-14)23(21,22)17-13-6-4-3-5-7-13/h2,8-11,13,17H,1,3-7,12H2,(H,19,20)/p-1. The molecule has 1 fully saturated rings. The van der Waals surface area contributed by atoms with Crippen molar-refractivity contribution in [1.29, 1.82) is 0 Å². The third kappa shape index (κ3) is 4.56. The minimum Gasteiger partial charge on any atom is -0.530 e. The van der Waals surface area contributed by atoms with Gasteiger partial charge in [-0.25, -0.2) is 13.1 Å². The molecule has 0 atom stereocenters. The normalized spacial score (nSPS) is 16.0. The van der Waals surface area contributed by atoms with E-state index in [4.69, 9.17) is 0 Å². The summed E-state index contributed by atoms with van der Waals surface area (Å²) in [7, 11) is -3.59. The second-order valence-electron chi connectivity index (χ2n) is 5.62. The van der Waals surface area contributed by atoms with Crippen molar-refractivity contribution >= 4 is 21.8 Å². The predicted octanol–water partition coefficient (Wildman–Crippen LogP) is 1.63. The number of benzene rings is 1. The van der Waals surface area contributed by atoms with Gasteiger partial charge in [-0.15, -0.1) is 6.58 Å². The first-order valence-electron chi connectivity index (χ1n) is 7.66. The number of carbonyl (C=O) groups is 1. The Bertz CT molecular complexity index is 649. The van der Waals surface area contributed by atoms with E-state index in [0.29, 0.717) is 5.69 Å². The van der Waals surface area contributed by atoms with Crippen LogP contribution in [0.3, 0.4) is 0 Å². The van der Waals surface area contributed by atoms with Crippen LogP contribution in [0.2, 0.25) is 0 Å². The maximum Gasteiger partial charge on any atom is 0.240 e. The second-order valence-corrected chi connectivity index (χ2v) is 7.33. The lowest BCUT2D eigenvalue weighted by Crippen LogP contribution is -2.41. The van der Waals surface area contributed by atoms with Crippen LogP contribution in [0.25, 0.3) is 0 Å². The molecule has 7 heteroatoms. The zero-order valence-electron chi connectivity index (χ0n) is 12.9. The van der Waals surface area contributed by atoms with E-state index in [0.717, 1.165) is 37.0 Å². The lowest BCUT2D eigenvalue weighted by molar-refractivity contribution is -0.246. The number of carboxylic acid groups (broad SMARTS) is 1. The van der Waals surface area contributed by atoms with Crippen molar-refractivity contribution in [2.75, 3.05) is 11.4 Å². The summed E-state index contributed by atoms with van der Waals surface area (Å²) in [5.41, 5.74) is 0.349. The monoisotopic (exact) mass is 337 g/mol. The fourth-order valence-corrected chi connectivity index (χ4v) is 4.03. The van der Waals surface area contributed by atoms with E-state index in [9.17, 15) is 18.3 Å². The molecule has 0 aromatic heterocycles. The van der Waals surface area contributed by atoms with Crippen molar-refractivity contribution in [2.45, 2.75) is 43.0 Å². The maximum atomic E-state index is 12.4. The third-order valence-electron chi connectivity index (χ3n) is 3.92. The van der Waals surface area contributed by atoms with E-state index in [2.05, 4.69) is 11.3 Å². The van der Waals surface area contributed by atoms with Gasteiger partial charge in [-0.2, -0.15) is 0 Å². The Kier molecular flexibility index (Phi) is 5.79. The van der Waals surface area contributed by atoms with Crippen molar-refractivity contribution in [3.05, 3.63) is 36.9 Å². The van der Waals surface area contributed by atoms with Crippen molar-refractivity contribution < 1.29 is 18.3 Å². The summed E-state index contributed by atoms with van der Waals surface area (Å²) < 4.78 is 27.5. The molecule has 2 rings (SSSR count). The van der Waals surface area contributed by atoms with E-state index in [1.165, 1.54) is 30.3 Å². The Morgan fingerprint density at radius 2 is 1.87 bits per heavy atom. The molecule has 1 aromatic carbocycles. The largest absolute Gasteiger partial charge is 0.530 e. The van der Waals surface area contributed by atoms with Crippen LogP contribution in [-0.4, -0.2) is 27.1 Å². The number of anilines is 1. The quantitative estimate of drug-likeness (QED) is 0.799. The highest BCUT2D eigenvalue weighted by atomic mass is 32.2. The van der Waals surface area contributed by atoms with Gasteiger partial charge in [-0.05, 0) is 37.1 Å². The number of carbonyl (C=O) groups excluding carboxylic acids is 1. The minimum absolute atomic E-state index is 0.0195. The number of hydrogen-bond donors (Lipinski definition) is 1. The molecule has 126 valence electrons. The average Bonchev–Trinajstić information content (AvgIpc) is 2.53. The topological polar surface area (TPSA) is 89.5 Å². The third-order valence-corrected chi connectivity index (χ3v) is 5.45. The lowest BCUT2D eigenvalue weighted by atomic mass is 9.96. The molecule has 1 saturated carbocycles. The highest BCUT2D eigenvalue weighted by molar-refractivity contribution is 7.89. The molecular weight excluding hydrogens is 316 g/mol. The Morgan fingerprint density at radius 1 is 1.26 bits per heavy atom. The van der Waals surface area contributed by atoms with Crippen LogP contribution >= 0.6 is 0 Å². The van der Waals surface area contributed by atoms with Gasteiger partial charge in [0.2, 0.25) is 10.0 Å². The number of amides is 1. The van der Waals surface area contributed by atoms with Crippen LogP contribution in [0.4, 0.5) is 10.5 Å². The van der Waals surface area contributed by atoms with Crippen molar-refractivity contribution in [1.82, 2.24) is 4.72 Å². The molecule has 1 aromatic rings. The second kappa shape index (κ2) is 7.61. The summed E-state index contributed by atoms with van der Waals surface area (Å²) in [5, 5.41) is 11.1. The molecule has 1 aliphatic rings. The Labute approximate surface area is 136 Å². The maximum absolute atomic E-state index is 12.4. The average molecular weight is 337 g/mol. The Balaban J connectivity index is 2.13. The van der Waals surface area contributed by atoms with Crippen LogP contribution in [-0.2, 0) is 10.0 Å². The van der Waals surface area contributed by atoms with Crippen molar-refractivity contribution in [2.24, 2.45) is 0 Å². The molecule has 0 aliphatic heterocycles. The summed E-state index contributed by atoms with van der Waals surface area (Å²) in [6.07, 6.45) is 5.01. The number of sulfonamides is 1. The number of hydrogen-bond acceptors (Lipinski definition) is 4. The molecule has 23 heavy (non-hydrogen) atoms. The SMILES string of the molecule is C=CCN(C(=O)[O-])c1ccc(S(=O)(=O)NC2CCCCC2)cc1. The van der Waals surface area contributed by atoms with Crippen LogP contribution in [0.15, 0.2) is 41.8 Å².